The van der Waals surface area contributed by atoms with Gasteiger partial charge in [0.15, 0.2) is 5.69 Å². The van der Waals surface area contributed by atoms with Crippen LogP contribution >= 0.6 is 11.3 Å². The van der Waals surface area contributed by atoms with Crippen LogP contribution in [0.2, 0.25) is 0 Å². The number of nitrogens with one attached hydrogen (secondary N) is 1. The average molecular weight is 506 g/mol. The standard InChI is InChI=1S/C24H26F3N5O2S/c1-14-13-28-23(35-14)17-10-16(11-19(12-17)34-18-6-8-32(3)9-7-18)22(33)29-15(2)20-4-5-21(31-30-20)24(25,26)27/h4-5,10-13,15,18H,6-9H2,1-3H3,(H,29,33). The fourth-order valence-corrected chi connectivity index (χ4v) is 4.54. The van der Waals surface area contributed by atoms with E-state index in [9.17, 15) is 18.0 Å². The molecule has 11 heteroatoms. The van der Waals surface area contributed by atoms with Crippen molar-refractivity contribution < 1.29 is 22.7 Å². The van der Waals surface area contributed by atoms with E-state index in [1.807, 2.05) is 13.0 Å². The number of aryl methyl sites for hydroxylation is 1. The van der Waals surface area contributed by atoms with E-state index in [-0.39, 0.29) is 11.8 Å². The number of amides is 1. The van der Waals surface area contributed by atoms with Crippen LogP contribution in [-0.2, 0) is 6.18 Å². The number of thiazole rings is 1. The molecule has 186 valence electrons. The van der Waals surface area contributed by atoms with Crippen molar-refractivity contribution in [1.29, 1.82) is 0 Å². The molecule has 1 amide bonds. The van der Waals surface area contributed by atoms with E-state index in [0.29, 0.717) is 11.3 Å². The summed E-state index contributed by atoms with van der Waals surface area (Å²) in [5.41, 5.74) is 0.272. The molecule has 1 aliphatic heterocycles. The molecule has 0 bridgehead atoms. The van der Waals surface area contributed by atoms with Crippen LogP contribution in [0.15, 0.2) is 36.5 Å². The number of ether oxygens (including phenoxy) is 1. The summed E-state index contributed by atoms with van der Waals surface area (Å²) >= 11 is 1.52. The van der Waals surface area contributed by atoms with Crippen LogP contribution in [0.5, 0.6) is 5.75 Å². The first-order chi connectivity index (χ1) is 16.6. The maximum absolute atomic E-state index is 13.1. The lowest BCUT2D eigenvalue weighted by Gasteiger charge is -2.29. The van der Waals surface area contributed by atoms with Gasteiger partial charge in [-0.1, -0.05) is 0 Å². The third-order valence-corrected chi connectivity index (χ3v) is 6.73. The van der Waals surface area contributed by atoms with Gasteiger partial charge in [0.05, 0.1) is 11.7 Å². The number of rotatable bonds is 6. The smallest absolute Gasteiger partial charge is 0.435 e. The van der Waals surface area contributed by atoms with Crippen LogP contribution < -0.4 is 10.1 Å². The zero-order valence-corrected chi connectivity index (χ0v) is 20.4. The van der Waals surface area contributed by atoms with Gasteiger partial charge >= 0.3 is 6.18 Å². The van der Waals surface area contributed by atoms with E-state index in [0.717, 1.165) is 47.4 Å². The van der Waals surface area contributed by atoms with Gasteiger partial charge in [-0.05, 0) is 64.1 Å². The summed E-state index contributed by atoms with van der Waals surface area (Å²) in [5.74, 6) is 0.180. The summed E-state index contributed by atoms with van der Waals surface area (Å²) < 4.78 is 44.5. The number of alkyl halides is 3. The van der Waals surface area contributed by atoms with Gasteiger partial charge < -0.3 is 15.0 Å². The highest BCUT2D eigenvalue weighted by atomic mass is 32.1. The molecule has 1 aromatic carbocycles. The molecule has 0 spiro atoms. The summed E-state index contributed by atoms with van der Waals surface area (Å²) in [6.07, 6.45) is -0.964. The minimum absolute atomic E-state index is 0.0525. The highest BCUT2D eigenvalue weighted by molar-refractivity contribution is 7.14. The molecule has 1 aliphatic rings. The van der Waals surface area contributed by atoms with Gasteiger partial charge in [0.25, 0.3) is 5.91 Å². The monoisotopic (exact) mass is 505 g/mol. The van der Waals surface area contributed by atoms with E-state index in [2.05, 4.69) is 32.4 Å². The number of carbonyl (C=O) groups excluding carboxylic acids is 1. The van der Waals surface area contributed by atoms with Crippen molar-refractivity contribution >= 4 is 17.2 Å². The summed E-state index contributed by atoms with van der Waals surface area (Å²) in [5, 5.41) is 10.4. The van der Waals surface area contributed by atoms with Crippen molar-refractivity contribution in [3.8, 4) is 16.3 Å². The van der Waals surface area contributed by atoms with Crippen molar-refractivity contribution in [1.82, 2.24) is 25.4 Å². The Balaban J connectivity index is 1.55. The number of aromatic nitrogens is 3. The Bertz CT molecular complexity index is 1170. The average Bonchev–Trinajstić information content (AvgIpc) is 3.26. The summed E-state index contributed by atoms with van der Waals surface area (Å²) in [6.45, 7) is 5.48. The van der Waals surface area contributed by atoms with E-state index >= 15 is 0 Å². The topological polar surface area (TPSA) is 80.2 Å². The quantitative estimate of drug-likeness (QED) is 0.514. The highest BCUT2D eigenvalue weighted by Crippen LogP contribution is 2.31. The van der Waals surface area contributed by atoms with Crippen molar-refractivity contribution in [2.75, 3.05) is 20.1 Å². The Morgan fingerprint density at radius 2 is 1.94 bits per heavy atom. The minimum Gasteiger partial charge on any atom is -0.490 e. The van der Waals surface area contributed by atoms with Gasteiger partial charge in [0, 0.05) is 35.3 Å². The lowest BCUT2D eigenvalue weighted by Crippen LogP contribution is -2.35. The van der Waals surface area contributed by atoms with Crippen molar-refractivity contribution in [3.63, 3.8) is 0 Å². The van der Waals surface area contributed by atoms with Gasteiger partial charge in [-0.3, -0.25) is 4.79 Å². The lowest BCUT2D eigenvalue weighted by molar-refractivity contribution is -0.141. The Hall–Kier alpha value is -3.05. The Kier molecular flexibility index (Phi) is 7.36. The van der Waals surface area contributed by atoms with E-state index in [1.54, 1.807) is 25.3 Å². The molecule has 1 atom stereocenters. The maximum Gasteiger partial charge on any atom is 0.435 e. The molecule has 0 aliphatic carbocycles. The molecule has 1 unspecified atom stereocenters. The molecule has 0 radical (unpaired) electrons. The Morgan fingerprint density at radius 1 is 1.20 bits per heavy atom. The largest absolute Gasteiger partial charge is 0.490 e. The molecule has 3 heterocycles. The maximum atomic E-state index is 13.1. The molecule has 35 heavy (non-hydrogen) atoms. The number of hydrogen-bond donors (Lipinski definition) is 1. The Labute approximate surface area is 205 Å². The second-order valence-electron chi connectivity index (χ2n) is 8.68. The Morgan fingerprint density at radius 3 is 2.54 bits per heavy atom. The third kappa shape index (κ3) is 6.34. The first kappa shape index (κ1) is 25.1. The second-order valence-corrected chi connectivity index (χ2v) is 9.91. The molecular formula is C24H26F3N5O2S. The van der Waals surface area contributed by atoms with Crippen LogP contribution in [0.4, 0.5) is 13.2 Å². The predicted octanol–water partition coefficient (Wildman–Crippen LogP) is 4.89. The minimum atomic E-state index is -4.57. The van der Waals surface area contributed by atoms with Crippen molar-refractivity contribution in [2.24, 2.45) is 0 Å². The van der Waals surface area contributed by atoms with Crippen LogP contribution in [0.25, 0.3) is 10.6 Å². The number of nitrogens with zero attached hydrogens (tertiary/aromatic N) is 4. The first-order valence-electron chi connectivity index (χ1n) is 11.2. The molecule has 7 nitrogen and oxygen atoms in total. The van der Waals surface area contributed by atoms with E-state index in [4.69, 9.17) is 4.74 Å². The fraction of sp³-hybridized carbons (Fsp3) is 0.417. The molecule has 0 saturated carbocycles. The lowest BCUT2D eigenvalue weighted by atomic mass is 10.1. The first-order valence-corrected chi connectivity index (χ1v) is 12.0. The van der Waals surface area contributed by atoms with Gasteiger partial charge in [-0.25, -0.2) is 4.98 Å². The predicted molar refractivity (Wildman–Crippen MR) is 126 cm³/mol. The fourth-order valence-electron chi connectivity index (χ4n) is 3.78. The zero-order valence-electron chi connectivity index (χ0n) is 19.6. The molecule has 2 aromatic heterocycles. The number of halogens is 3. The number of carbonyl (C=O) groups is 1. The molecule has 1 N–H and O–H groups in total. The molecular weight excluding hydrogens is 479 g/mol. The number of hydrogen-bond acceptors (Lipinski definition) is 7. The molecule has 3 aromatic rings. The summed E-state index contributed by atoms with van der Waals surface area (Å²) in [4.78, 5) is 20.8. The number of likely N-dealkylation sites (tertiary alicyclic amines) is 1. The normalized spacial score (nSPS) is 16.2. The van der Waals surface area contributed by atoms with Crippen LogP contribution in [0.3, 0.4) is 0 Å². The second kappa shape index (κ2) is 10.3. The van der Waals surface area contributed by atoms with Gasteiger partial charge in [0.1, 0.15) is 16.9 Å². The summed E-state index contributed by atoms with van der Waals surface area (Å²) in [7, 11) is 2.08. The zero-order chi connectivity index (χ0) is 25.2. The van der Waals surface area contributed by atoms with Gasteiger partial charge in [-0.15, -0.1) is 16.4 Å². The van der Waals surface area contributed by atoms with Crippen molar-refractivity contribution in [2.45, 2.75) is 45.0 Å². The molecule has 1 fully saturated rings. The number of benzene rings is 1. The third-order valence-electron chi connectivity index (χ3n) is 5.77. The van der Waals surface area contributed by atoms with Crippen LogP contribution in [-0.4, -0.2) is 52.2 Å². The van der Waals surface area contributed by atoms with Crippen LogP contribution in [0.1, 0.15) is 52.4 Å². The SMILES string of the molecule is Cc1cnc(-c2cc(OC3CCN(C)CC3)cc(C(=O)NC(C)c3ccc(C(F)(F)F)nn3)c2)s1. The number of piperidine rings is 1. The van der Waals surface area contributed by atoms with Gasteiger partial charge in [0.2, 0.25) is 0 Å². The molecule has 1 saturated heterocycles. The van der Waals surface area contributed by atoms with E-state index < -0.39 is 23.8 Å². The highest BCUT2D eigenvalue weighted by Gasteiger charge is 2.33. The van der Waals surface area contributed by atoms with Crippen molar-refractivity contribution in [3.05, 3.63) is 58.4 Å². The summed E-state index contributed by atoms with van der Waals surface area (Å²) in [6, 6.07) is 6.72. The van der Waals surface area contributed by atoms with Crippen LogP contribution in [0, 0.1) is 6.92 Å². The van der Waals surface area contributed by atoms with E-state index in [1.165, 1.54) is 17.4 Å². The van der Waals surface area contributed by atoms with Gasteiger partial charge in [-0.2, -0.15) is 18.3 Å². The molecule has 4 rings (SSSR count).